The maximum Gasteiger partial charge on any atom is 0.303 e. The van der Waals surface area contributed by atoms with Crippen molar-refractivity contribution >= 4 is 11.9 Å². The summed E-state index contributed by atoms with van der Waals surface area (Å²) in [6.45, 7) is 4.22. The number of ether oxygens (including phenoxy) is 3. The molecule has 0 radical (unpaired) electrons. The van der Waals surface area contributed by atoms with E-state index in [1.54, 1.807) is 6.92 Å². The maximum atomic E-state index is 10.7. The molecule has 16 heavy (non-hydrogen) atoms. The van der Waals surface area contributed by atoms with E-state index >= 15 is 0 Å². The van der Waals surface area contributed by atoms with Gasteiger partial charge in [-0.3, -0.25) is 9.59 Å². The van der Waals surface area contributed by atoms with Gasteiger partial charge in [-0.1, -0.05) is 0 Å². The van der Waals surface area contributed by atoms with Gasteiger partial charge in [0.15, 0.2) is 12.4 Å². The first-order chi connectivity index (χ1) is 7.40. The summed E-state index contributed by atoms with van der Waals surface area (Å²) in [7, 11) is 0. The van der Waals surface area contributed by atoms with Crippen molar-refractivity contribution in [1.29, 1.82) is 0 Å². The maximum absolute atomic E-state index is 10.7. The first kappa shape index (κ1) is 12.9. The molecule has 1 fully saturated rings. The van der Waals surface area contributed by atoms with E-state index in [0.717, 1.165) is 0 Å². The van der Waals surface area contributed by atoms with Crippen LogP contribution < -0.4 is 0 Å². The minimum atomic E-state index is -1.16. The fourth-order valence-corrected chi connectivity index (χ4v) is 1.63. The van der Waals surface area contributed by atoms with Crippen LogP contribution in [0.2, 0.25) is 0 Å². The molecule has 4 atom stereocenters. The number of hydrogen-bond donors (Lipinski definition) is 1. The van der Waals surface area contributed by atoms with Gasteiger partial charge in [0.2, 0.25) is 0 Å². The average molecular weight is 232 g/mol. The summed E-state index contributed by atoms with van der Waals surface area (Å²) in [5, 5.41) is 9.45. The smallest absolute Gasteiger partial charge is 0.303 e. The van der Waals surface area contributed by atoms with Crippen LogP contribution in [-0.4, -0.2) is 41.6 Å². The van der Waals surface area contributed by atoms with Gasteiger partial charge < -0.3 is 19.3 Å². The van der Waals surface area contributed by atoms with Crippen LogP contribution >= 0.6 is 0 Å². The monoisotopic (exact) mass is 232 g/mol. The zero-order valence-electron chi connectivity index (χ0n) is 9.50. The SMILES string of the molecule is CC(=O)O[C@@H]1C[C@H]([C@@H](C)OC(C)=O)OC1O. The predicted octanol–water partition coefficient (Wildman–Crippen LogP) is -0.0230. The minimum absolute atomic E-state index is 0.315. The highest BCUT2D eigenvalue weighted by molar-refractivity contribution is 5.66. The molecular weight excluding hydrogens is 216 g/mol. The molecule has 1 aliphatic heterocycles. The second-order valence-corrected chi connectivity index (χ2v) is 3.76. The highest BCUT2D eigenvalue weighted by atomic mass is 16.7. The van der Waals surface area contributed by atoms with Gasteiger partial charge in [-0.25, -0.2) is 0 Å². The van der Waals surface area contributed by atoms with Crippen LogP contribution in [0.3, 0.4) is 0 Å². The molecule has 1 N–H and O–H groups in total. The Hall–Kier alpha value is -1.14. The molecule has 0 aromatic carbocycles. The third-order valence-electron chi connectivity index (χ3n) is 2.29. The van der Waals surface area contributed by atoms with E-state index in [4.69, 9.17) is 14.2 Å². The molecule has 1 rings (SSSR count). The lowest BCUT2D eigenvalue weighted by molar-refractivity contribution is -0.176. The fourth-order valence-electron chi connectivity index (χ4n) is 1.63. The van der Waals surface area contributed by atoms with Gasteiger partial charge in [0.05, 0.1) is 0 Å². The fraction of sp³-hybridized carbons (Fsp3) is 0.800. The Labute approximate surface area is 93.5 Å². The molecule has 1 saturated heterocycles. The van der Waals surface area contributed by atoms with Gasteiger partial charge in [-0.05, 0) is 6.92 Å². The lowest BCUT2D eigenvalue weighted by Gasteiger charge is -2.17. The highest BCUT2D eigenvalue weighted by Crippen LogP contribution is 2.25. The molecule has 0 saturated carbocycles. The van der Waals surface area contributed by atoms with Crippen molar-refractivity contribution in [2.75, 3.05) is 0 Å². The summed E-state index contributed by atoms with van der Waals surface area (Å²) >= 11 is 0. The number of rotatable bonds is 3. The third kappa shape index (κ3) is 3.46. The average Bonchev–Trinajstić information content (AvgIpc) is 2.45. The van der Waals surface area contributed by atoms with Crippen LogP contribution in [0.15, 0.2) is 0 Å². The van der Waals surface area contributed by atoms with Crippen LogP contribution in [-0.2, 0) is 23.8 Å². The summed E-state index contributed by atoms with van der Waals surface area (Å²) in [4.78, 5) is 21.5. The molecule has 92 valence electrons. The number of aliphatic hydroxyl groups excluding tert-OH is 1. The Kier molecular flexibility index (Phi) is 4.26. The van der Waals surface area contributed by atoms with Gasteiger partial charge in [0.25, 0.3) is 0 Å². The number of carbonyl (C=O) groups is 2. The van der Waals surface area contributed by atoms with E-state index in [-0.39, 0.29) is 0 Å². The van der Waals surface area contributed by atoms with Crippen molar-refractivity contribution in [3.63, 3.8) is 0 Å². The van der Waals surface area contributed by atoms with Gasteiger partial charge >= 0.3 is 11.9 Å². The van der Waals surface area contributed by atoms with Gasteiger partial charge in [0, 0.05) is 20.3 Å². The van der Waals surface area contributed by atoms with Crippen molar-refractivity contribution < 1.29 is 28.9 Å². The quantitative estimate of drug-likeness (QED) is 0.688. The molecule has 0 amide bonds. The summed E-state index contributed by atoms with van der Waals surface area (Å²) < 4.78 is 14.9. The van der Waals surface area contributed by atoms with Crippen LogP contribution in [0.5, 0.6) is 0 Å². The highest BCUT2D eigenvalue weighted by Gasteiger charge is 2.39. The molecule has 1 unspecified atom stereocenters. The lowest BCUT2D eigenvalue weighted by atomic mass is 10.1. The lowest BCUT2D eigenvalue weighted by Crippen LogP contribution is -2.28. The summed E-state index contributed by atoms with van der Waals surface area (Å²) in [6, 6.07) is 0. The Morgan fingerprint density at radius 3 is 2.50 bits per heavy atom. The standard InChI is InChI=1S/C10H16O6/c1-5(14-6(2)11)8-4-9(10(13)16-8)15-7(3)12/h5,8-10,13H,4H2,1-3H3/t5-,8-,9-,10?/m1/s1. The zero-order chi connectivity index (χ0) is 12.3. The number of carbonyl (C=O) groups excluding carboxylic acids is 2. The van der Waals surface area contributed by atoms with Crippen molar-refractivity contribution in [3.05, 3.63) is 0 Å². The summed E-state index contributed by atoms with van der Waals surface area (Å²) in [5.74, 6) is -0.894. The topological polar surface area (TPSA) is 82.1 Å². The molecular formula is C10H16O6. The molecule has 1 heterocycles. The normalized spacial score (nSPS) is 30.9. The second-order valence-electron chi connectivity index (χ2n) is 3.76. The van der Waals surface area contributed by atoms with Crippen LogP contribution in [0.4, 0.5) is 0 Å². The zero-order valence-corrected chi connectivity index (χ0v) is 9.50. The second kappa shape index (κ2) is 5.27. The largest absolute Gasteiger partial charge is 0.460 e. The van der Waals surface area contributed by atoms with Crippen molar-refractivity contribution in [3.8, 4) is 0 Å². The first-order valence-corrected chi connectivity index (χ1v) is 5.08. The van der Waals surface area contributed by atoms with E-state index in [0.29, 0.717) is 6.42 Å². The number of hydrogen-bond acceptors (Lipinski definition) is 6. The Morgan fingerprint density at radius 1 is 1.38 bits per heavy atom. The van der Waals surface area contributed by atoms with E-state index < -0.39 is 36.5 Å². The number of aliphatic hydroxyl groups is 1. The van der Waals surface area contributed by atoms with Crippen LogP contribution in [0.1, 0.15) is 27.2 Å². The van der Waals surface area contributed by atoms with Crippen molar-refractivity contribution in [2.24, 2.45) is 0 Å². The van der Waals surface area contributed by atoms with Crippen molar-refractivity contribution in [2.45, 2.75) is 51.8 Å². The van der Waals surface area contributed by atoms with Gasteiger partial charge in [0.1, 0.15) is 12.2 Å². The summed E-state index contributed by atoms with van der Waals surface area (Å²) in [5.41, 5.74) is 0. The third-order valence-corrected chi connectivity index (χ3v) is 2.29. The molecule has 0 spiro atoms. The predicted molar refractivity (Wildman–Crippen MR) is 52.3 cm³/mol. The molecule has 0 aromatic rings. The molecule has 6 heteroatoms. The first-order valence-electron chi connectivity index (χ1n) is 5.08. The molecule has 6 nitrogen and oxygen atoms in total. The Morgan fingerprint density at radius 2 is 2.00 bits per heavy atom. The van der Waals surface area contributed by atoms with E-state index in [2.05, 4.69) is 0 Å². The van der Waals surface area contributed by atoms with Crippen LogP contribution in [0, 0.1) is 0 Å². The number of esters is 2. The van der Waals surface area contributed by atoms with E-state index in [1.165, 1.54) is 13.8 Å². The minimum Gasteiger partial charge on any atom is -0.460 e. The Bertz CT molecular complexity index is 276. The summed E-state index contributed by atoms with van der Waals surface area (Å²) in [6.07, 6.45) is -2.47. The molecule has 0 bridgehead atoms. The Balaban J connectivity index is 2.48. The van der Waals surface area contributed by atoms with Gasteiger partial charge in [-0.15, -0.1) is 0 Å². The van der Waals surface area contributed by atoms with E-state index in [1.807, 2.05) is 0 Å². The molecule has 0 aliphatic carbocycles. The van der Waals surface area contributed by atoms with Crippen LogP contribution in [0.25, 0.3) is 0 Å². The molecule has 1 aliphatic rings. The molecule has 0 aromatic heterocycles. The van der Waals surface area contributed by atoms with Crippen molar-refractivity contribution in [1.82, 2.24) is 0 Å². The van der Waals surface area contributed by atoms with E-state index in [9.17, 15) is 14.7 Å². The van der Waals surface area contributed by atoms with Gasteiger partial charge in [-0.2, -0.15) is 0 Å².